The Morgan fingerprint density at radius 3 is 2.06 bits per heavy atom. The van der Waals surface area contributed by atoms with Gasteiger partial charge in [-0.15, -0.1) is 35.6 Å². The first kappa shape index (κ1) is 24.0. The molecule has 0 spiro atoms. The first-order valence-electron chi connectivity index (χ1n) is 9.78. The van der Waals surface area contributed by atoms with Gasteiger partial charge in [0.2, 0.25) is 5.82 Å². The van der Waals surface area contributed by atoms with Crippen LogP contribution in [0.15, 0.2) is 60.3 Å². The van der Waals surface area contributed by atoms with E-state index in [1.54, 1.807) is 38.8 Å². The van der Waals surface area contributed by atoms with Crippen LogP contribution in [0, 0.1) is 43.4 Å². The normalized spacial score (nSPS) is 14.8. The van der Waals surface area contributed by atoms with E-state index in [0.29, 0.717) is 36.1 Å². The van der Waals surface area contributed by atoms with Crippen molar-refractivity contribution in [2.24, 2.45) is 0 Å². The van der Waals surface area contributed by atoms with Crippen LogP contribution >= 0.6 is 0 Å². The van der Waals surface area contributed by atoms with Gasteiger partial charge in [-0.1, -0.05) is 13.2 Å². The molecule has 2 aliphatic rings. The predicted octanol–water partition coefficient (Wildman–Crippen LogP) is 3.57. The van der Waals surface area contributed by atoms with E-state index in [-0.39, 0.29) is 20.4 Å². The average molecular weight is 531 g/mol. The van der Waals surface area contributed by atoms with Crippen LogP contribution < -0.4 is 19.3 Å². The maximum absolute atomic E-state index is 9.59. The zero-order chi connectivity index (χ0) is 22.5. The average Bonchev–Trinajstić information content (AvgIpc) is 3.46. The van der Waals surface area contributed by atoms with Crippen LogP contribution in [0.2, 0.25) is 0 Å². The van der Waals surface area contributed by atoms with Gasteiger partial charge in [-0.3, -0.25) is 0 Å². The van der Waals surface area contributed by atoms with Crippen LogP contribution in [-0.4, -0.2) is 37.1 Å². The second kappa shape index (κ2) is 10.8. The van der Waals surface area contributed by atoms with E-state index in [1.165, 1.54) is 0 Å². The van der Waals surface area contributed by atoms with Gasteiger partial charge in [0.15, 0.2) is 0 Å². The maximum Gasteiger partial charge on any atom is 0.211 e. The van der Waals surface area contributed by atoms with Crippen LogP contribution in [0.4, 0.5) is 11.4 Å². The number of nitriles is 1. The monoisotopic (exact) mass is 530 g/mol. The minimum atomic E-state index is 0. The van der Waals surface area contributed by atoms with Crippen LogP contribution in [-0.2, 0) is 20.4 Å². The Morgan fingerprint density at radius 1 is 0.970 bits per heavy atom. The largest absolute Gasteiger partial charge is 0.522 e. The predicted molar refractivity (Wildman–Crippen MR) is 119 cm³/mol. The summed E-state index contributed by atoms with van der Waals surface area (Å²) in [5.41, 5.74) is 2.05. The van der Waals surface area contributed by atoms with E-state index in [0.717, 1.165) is 11.4 Å². The van der Waals surface area contributed by atoms with Crippen molar-refractivity contribution in [3.63, 3.8) is 0 Å². The van der Waals surface area contributed by atoms with E-state index in [9.17, 15) is 5.26 Å². The molecule has 0 radical (unpaired) electrons. The molecule has 0 amide bonds. The number of rotatable bonds is 7. The van der Waals surface area contributed by atoms with Crippen LogP contribution in [0.25, 0.3) is 4.85 Å². The second-order valence-corrected chi connectivity index (χ2v) is 6.88. The fraction of sp³-hybridized carbons (Fsp3) is 0.167. The van der Waals surface area contributed by atoms with Gasteiger partial charge >= 0.3 is 0 Å². The van der Waals surface area contributed by atoms with E-state index >= 15 is 0 Å². The van der Waals surface area contributed by atoms with Crippen molar-refractivity contribution in [1.29, 1.82) is 5.26 Å². The molecule has 4 rings (SSSR count). The van der Waals surface area contributed by atoms with Crippen molar-refractivity contribution in [3.8, 4) is 17.6 Å². The molecular weight excluding hydrogens is 511 g/mol. The molecule has 2 heterocycles. The summed E-state index contributed by atoms with van der Waals surface area (Å²) in [5, 5.41) is 9.59. The number of ether oxygens (including phenoxy) is 2. The Balaban J connectivity index is 0.00000306. The molecule has 0 unspecified atom stereocenters. The maximum atomic E-state index is 9.59. The molecule has 2 aromatic rings. The number of anilines is 2. The molecule has 0 saturated heterocycles. The first-order valence-corrected chi connectivity index (χ1v) is 9.78. The quantitative estimate of drug-likeness (QED) is 0.401. The number of hydrogen-bond acceptors (Lipinski definition) is 7. The Kier molecular flexibility index (Phi) is 7.85. The summed E-state index contributed by atoms with van der Waals surface area (Å²) in [5.74, 6) is 1.92. The van der Waals surface area contributed by atoms with Gasteiger partial charge in [-0.25, -0.2) is 0 Å². The summed E-state index contributed by atoms with van der Waals surface area (Å²) in [4.78, 5) is 11.0. The topological polar surface area (TPSA) is 59.6 Å². The fourth-order valence-electron chi connectivity index (χ4n) is 3.33. The molecule has 0 N–H and O–H groups in total. The number of nitrogens with zero attached hydrogens (tertiary/aromatic N) is 6. The smallest absolute Gasteiger partial charge is 0.211 e. The number of benzene rings is 2. The van der Waals surface area contributed by atoms with Crippen molar-refractivity contribution < 1.29 is 29.9 Å². The Bertz CT molecular complexity index is 1050. The van der Waals surface area contributed by atoms with Crippen molar-refractivity contribution in [1.82, 2.24) is 9.80 Å². The van der Waals surface area contributed by atoms with Gasteiger partial charge in [0.1, 0.15) is 11.8 Å². The summed E-state index contributed by atoms with van der Waals surface area (Å²) in [7, 11) is 3.22. The summed E-state index contributed by atoms with van der Waals surface area (Å²) < 4.78 is 10.6. The molecular formula is C24H20N6O2Pd-4. The third kappa shape index (κ3) is 5.23. The molecule has 0 atom stereocenters. The van der Waals surface area contributed by atoms with Crippen LogP contribution in [0.5, 0.6) is 11.5 Å². The van der Waals surface area contributed by atoms with Gasteiger partial charge in [0, 0.05) is 44.7 Å². The first-order chi connectivity index (χ1) is 15.6. The molecule has 172 valence electrons. The van der Waals surface area contributed by atoms with E-state index in [2.05, 4.69) is 23.0 Å². The zero-order valence-corrected chi connectivity index (χ0v) is 19.6. The van der Waals surface area contributed by atoms with E-state index in [4.69, 9.17) is 16.0 Å². The summed E-state index contributed by atoms with van der Waals surface area (Å²) in [6.45, 7) is 12.2. The van der Waals surface area contributed by atoms with Crippen molar-refractivity contribution in [2.45, 2.75) is 0 Å². The Morgan fingerprint density at radius 2 is 1.52 bits per heavy atom. The Hall–Kier alpha value is -3.64. The molecule has 0 saturated carbocycles. The molecule has 8 nitrogen and oxygen atoms in total. The third-order valence-corrected chi connectivity index (χ3v) is 5.00. The molecule has 9 heteroatoms. The van der Waals surface area contributed by atoms with Gasteiger partial charge in [0.05, 0.1) is 20.8 Å². The zero-order valence-electron chi connectivity index (χ0n) is 18.0. The molecule has 0 aromatic heterocycles. The van der Waals surface area contributed by atoms with Crippen LogP contribution in [0.3, 0.4) is 0 Å². The second-order valence-electron chi connectivity index (χ2n) is 6.88. The minimum Gasteiger partial charge on any atom is -0.522 e. The van der Waals surface area contributed by atoms with Gasteiger partial charge in [0.25, 0.3) is 0 Å². The number of hydrogen-bond donors (Lipinski definition) is 0. The van der Waals surface area contributed by atoms with Gasteiger partial charge < -0.3 is 33.9 Å². The fourth-order valence-corrected chi connectivity index (χ4v) is 3.33. The van der Waals surface area contributed by atoms with Crippen molar-refractivity contribution in [3.05, 3.63) is 97.2 Å². The Labute approximate surface area is 208 Å². The van der Waals surface area contributed by atoms with Gasteiger partial charge in [-0.05, 0) is 6.20 Å². The molecule has 0 bridgehead atoms. The van der Waals surface area contributed by atoms with Crippen molar-refractivity contribution >= 4 is 11.4 Å². The number of methoxy groups -OCH3 is 2. The molecule has 0 fully saturated rings. The van der Waals surface area contributed by atoms with E-state index < -0.39 is 0 Å². The van der Waals surface area contributed by atoms with E-state index in [1.807, 2.05) is 57.2 Å². The number of allylic oxidation sites excluding steroid dienone is 1. The summed E-state index contributed by atoms with van der Waals surface area (Å²) >= 11 is 0. The van der Waals surface area contributed by atoms with Gasteiger partial charge in [-0.2, -0.15) is 36.2 Å². The molecule has 0 aliphatic carbocycles. The van der Waals surface area contributed by atoms with Crippen LogP contribution in [0.1, 0.15) is 0 Å². The molecule has 2 aromatic carbocycles. The summed E-state index contributed by atoms with van der Waals surface area (Å²) in [6.07, 6.45) is 3.51. The molecule has 2 aliphatic heterocycles. The molecule has 33 heavy (non-hydrogen) atoms. The summed E-state index contributed by atoms with van der Waals surface area (Å²) in [6, 6.07) is 19.4. The van der Waals surface area contributed by atoms with Crippen molar-refractivity contribution in [2.75, 3.05) is 37.1 Å². The minimum absolute atomic E-state index is 0. The third-order valence-electron chi connectivity index (χ3n) is 5.00. The SMILES string of the molecule is [C-]#[N+]C1=CN(c2[c-]ccc(OC)c2)[CH-]N1CCN1[CH-]N(c2[c-]ccc(OC)c2)C=C1C#N.[Pd]. The standard InChI is InChI=1S/C24H20N6O2.Pd/c1-26-24-16-30(20-7-5-9-23(13-20)32-3)18-28(24)11-10-27-17-29(15-21(27)14-25)19-6-4-8-22(12-19)31-2;/h4-5,8-9,12-13,15-18H,10-11H2,2-3H3;/q-4;.